The third kappa shape index (κ3) is 5.29. The molecule has 0 radical (unpaired) electrons. The molecule has 2 amide bonds. The summed E-state index contributed by atoms with van der Waals surface area (Å²) in [5.41, 5.74) is 0.821. The number of methoxy groups -OCH3 is 1. The molecule has 1 atom stereocenters. The molecule has 0 aliphatic carbocycles. The minimum Gasteiger partial charge on any atom is -0.465 e. The largest absolute Gasteiger partial charge is 0.465 e. The second-order valence-electron chi connectivity index (χ2n) is 6.57. The minimum absolute atomic E-state index is 0.122. The molecule has 10 heteroatoms. The van der Waals surface area contributed by atoms with Crippen molar-refractivity contribution in [1.29, 1.82) is 0 Å². The lowest BCUT2D eigenvalue weighted by atomic mass is 10.1. The van der Waals surface area contributed by atoms with Gasteiger partial charge in [-0.25, -0.2) is 14.0 Å². The predicted molar refractivity (Wildman–Crippen MR) is 115 cm³/mol. The summed E-state index contributed by atoms with van der Waals surface area (Å²) >= 11 is 7.15. The van der Waals surface area contributed by atoms with Crippen LogP contribution in [0.3, 0.4) is 0 Å². The van der Waals surface area contributed by atoms with E-state index in [0.29, 0.717) is 15.6 Å². The molecule has 3 rings (SSSR count). The first-order chi connectivity index (χ1) is 14.8. The fourth-order valence-electron chi connectivity index (χ4n) is 3.04. The number of fused-ring (bicyclic) bond motifs is 1. The van der Waals surface area contributed by atoms with Crippen molar-refractivity contribution in [3.05, 3.63) is 58.4 Å². The number of ether oxygens (including phenoxy) is 2. The quantitative estimate of drug-likeness (QED) is 0.670. The van der Waals surface area contributed by atoms with E-state index in [-0.39, 0.29) is 24.5 Å². The summed E-state index contributed by atoms with van der Waals surface area (Å²) in [5, 5.41) is 3.09. The highest BCUT2D eigenvalue weighted by Gasteiger charge is 2.34. The maximum Gasteiger partial charge on any atom is 0.407 e. The smallest absolute Gasteiger partial charge is 0.407 e. The maximum absolute atomic E-state index is 14.5. The summed E-state index contributed by atoms with van der Waals surface area (Å²) < 4.78 is 24.1. The topological polar surface area (TPSA) is 84.9 Å². The molecule has 0 saturated heterocycles. The van der Waals surface area contributed by atoms with Crippen molar-refractivity contribution in [3.63, 3.8) is 0 Å². The molecule has 2 aromatic rings. The van der Waals surface area contributed by atoms with Crippen LogP contribution in [0.5, 0.6) is 0 Å². The molecule has 0 saturated carbocycles. The average molecular weight is 467 g/mol. The Morgan fingerprint density at radius 1 is 1.29 bits per heavy atom. The molecule has 164 valence electrons. The van der Waals surface area contributed by atoms with Crippen molar-refractivity contribution >= 4 is 47.0 Å². The van der Waals surface area contributed by atoms with E-state index >= 15 is 0 Å². The Balaban J connectivity index is 2.04. The van der Waals surface area contributed by atoms with Gasteiger partial charge < -0.3 is 19.7 Å². The number of thioether (sulfide) groups is 1. The molecule has 1 aliphatic heterocycles. The van der Waals surface area contributed by atoms with Crippen LogP contribution in [0, 0.1) is 5.82 Å². The van der Waals surface area contributed by atoms with Gasteiger partial charge in [0.05, 0.1) is 31.5 Å². The Hall–Kier alpha value is -2.78. The molecule has 0 aromatic heterocycles. The van der Waals surface area contributed by atoms with Gasteiger partial charge in [0, 0.05) is 15.7 Å². The van der Waals surface area contributed by atoms with Crippen molar-refractivity contribution in [1.82, 2.24) is 5.32 Å². The first kappa shape index (κ1) is 22.9. The number of hydrogen-bond acceptors (Lipinski definition) is 6. The summed E-state index contributed by atoms with van der Waals surface area (Å²) in [7, 11) is 1.15. The minimum atomic E-state index is -0.909. The summed E-state index contributed by atoms with van der Waals surface area (Å²) in [6.07, 6.45) is -0.722. The molecule has 1 N–H and O–H groups in total. The van der Waals surface area contributed by atoms with E-state index in [4.69, 9.17) is 16.3 Å². The molecule has 0 unspecified atom stereocenters. The van der Waals surface area contributed by atoms with Crippen LogP contribution in [0.15, 0.2) is 41.3 Å². The predicted octanol–water partition coefficient (Wildman–Crippen LogP) is 4.02. The van der Waals surface area contributed by atoms with Crippen molar-refractivity contribution in [2.45, 2.75) is 24.4 Å². The van der Waals surface area contributed by atoms with Gasteiger partial charge in [-0.15, -0.1) is 11.8 Å². The van der Waals surface area contributed by atoms with Crippen LogP contribution in [-0.4, -0.2) is 43.5 Å². The lowest BCUT2D eigenvalue weighted by Gasteiger charge is -2.26. The monoisotopic (exact) mass is 466 g/mol. The number of hydrogen-bond donors (Lipinski definition) is 1. The maximum atomic E-state index is 14.5. The zero-order chi connectivity index (χ0) is 22.5. The Labute approximate surface area is 187 Å². The van der Waals surface area contributed by atoms with Crippen LogP contribution in [0.1, 0.15) is 22.8 Å². The van der Waals surface area contributed by atoms with Gasteiger partial charge in [0.2, 0.25) is 0 Å². The second-order valence-corrected chi connectivity index (χ2v) is 8.07. The van der Waals surface area contributed by atoms with Crippen LogP contribution in [0.4, 0.5) is 14.9 Å². The van der Waals surface area contributed by atoms with E-state index in [1.807, 2.05) is 0 Å². The highest BCUT2D eigenvalue weighted by atomic mass is 35.5. The van der Waals surface area contributed by atoms with Gasteiger partial charge >= 0.3 is 12.1 Å². The number of halogens is 2. The normalized spacial score (nSPS) is 15.7. The number of anilines is 1. The zero-order valence-electron chi connectivity index (χ0n) is 16.8. The van der Waals surface area contributed by atoms with Crippen molar-refractivity contribution in [2.75, 3.05) is 24.4 Å². The van der Waals surface area contributed by atoms with Crippen LogP contribution in [0.25, 0.3) is 0 Å². The van der Waals surface area contributed by atoms with Crippen molar-refractivity contribution in [2.24, 2.45) is 0 Å². The standard InChI is InChI=1S/C21H20ClFN2O5S/c1-3-30-21(28)24-16-11-31-18-9-15(23)14(20(27)29-2)8-17(18)25(19(16)26)10-12-4-6-13(22)7-5-12/h4-9,16H,3,10-11H2,1-2H3,(H,24,28)/t16-/m0/s1. The summed E-state index contributed by atoms with van der Waals surface area (Å²) in [5.74, 6) is -1.86. The molecule has 0 spiro atoms. The van der Waals surface area contributed by atoms with Gasteiger partial charge in [-0.05, 0) is 36.8 Å². The molecule has 1 heterocycles. The van der Waals surface area contributed by atoms with Crippen molar-refractivity contribution in [3.8, 4) is 0 Å². The first-order valence-corrected chi connectivity index (χ1v) is 10.7. The van der Waals surface area contributed by atoms with Gasteiger partial charge in [0.25, 0.3) is 5.91 Å². The lowest BCUT2D eigenvalue weighted by molar-refractivity contribution is -0.120. The van der Waals surface area contributed by atoms with Gasteiger partial charge in [0.1, 0.15) is 11.9 Å². The molecule has 0 bridgehead atoms. The lowest BCUT2D eigenvalue weighted by Crippen LogP contribution is -2.49. The molecule has 7 nitrogen and oxygen atoms in total. The number of carbonyl (C=O) groups excluding carboxylic acids is 3. The highest BCUT2D eigenvalue weighted by Crippen LogP contribution is 2.37. The van der Waals surface area contributed by atoms with Crippen LogP contribution in [-0.2, 0) is 20.8 Å². The Kier molecular flexibility index (Phi) is 7.40. The third-order valence-corrected chi connectivity index (χ3v) is 5.93. The molecule has 0 fully saturated rings. The van der Waals surface area contributed by atoms with Crippen LogP contribution < -0.4 is 10.2 Å². The molecular weight excluding hydrogens is 447 g/mol. The molecular formula is C21H20ClFN2O5S. The van der Waals surface area contributed by atoms with Crippen LogP contribution >= 0.6 is 23.4 Å². The van der Waals surface area contributed by atoms with Crippen molar-refractivity contribution < 1.29 is 28.2 Å². The van der Waals surface area contributed by atoms with E-state index in [1.165, 1.54) is 28.8 Å². The Bertz CT molecular complexity index is 1000. The highest BCUT2D eigenvalue weighted by molar-refractivity contribution is 7.99. The number of amides is 2. The number of benzene rings is 2. The molecule has 31 heavy (non-hydrogen) atoms. The second kappa shape index (κ2) is 10.0. The Morgan fingerprint density at radius 2 is 2.00 bits per heavy atom. The molecule has 2 aromatic carbocycles. The fraction of sp³-hybridized carbons (Fsp3) is 0.286. The number of nitrogens with zero attached hydrogens (tertiary/aromatic N) is 1. The number of rotatable bonds is 5. The third-order valence-electron chi connectivity index (χ3n) is 4.54. The van der Waals surface area contributed by atoms with Gasteiger partial charge in [-0.3, -0.25) is 4.79 Å². The van der Waals surface area contributed by atoms with E-state index < -0.39 is 29.8 Å². The number of alkyl carbamates (subject to hydrolysis) is 1. The number of esters is 1. The zero-order valence-corrected chi connectivity index (χ0v) is 18.4. The first-order valence-electron chi connectivity index (χ1n) is 9.37. The molecule has 1 aliphatic rings. The average Bonchev–Trinajstić information content (AvgIpc) is 2.86. The van der Waals surface area contributed by atoms with E-state index in [2.05, 4.69) is 10.1 Å². The summed E-state index contributed by atoms with van der Waals surface area (Å²) in [4.78, 5) is 39.2. The summed E-state index contributed by atoms with van der Waals surface area (Å²) in [6.45, 7) is 1.93. The van der Waals surface area contributed by atoms with E-state index in [0.717, 1.165) is 12.7 Å². The van der Waals surface area contributed by atoms with E-state index in [1.54, 1.807) is 31.2 Å². The SMILES string of the molecule is CCOC(=O)N[C@H]1CSc2cc(F)c(C(=O)OC)cc2N(Cc2ccc(Cl)cc2)C1=O. The van der Waals surface area contributed by atoms with Gasteiger partial charge in [0.15, 0.2) is 0 Å². The Morgan fingerprint density at radius 3 is 2.65 bits per heavy atom. The number of carbonyl (C=O) groups is 3. The summed E-state index contributed by atoms with van der Waals surface area (Å²) in [6, 6.07) is 8.47. The fourth-order valence-corrected chi connectivity index (χ4v) is 4.24. The van der Waals surface area contributed by atoms with Gasteiger partial charge in [-0.1, -0.05) is 23.7 Å². The van der Waals surface area contributed by atoms with E-state index in [9.17, 15) is 18.8 Å². The van der Waals surface area contributed by atoms with Crippen LogP contribution in [0.2, 0.25) is 5.02 Å². The van der Waals surface area contributed by atoms with Gasteiger partial charge in [-0.2, -0.15) is 0 Å². The number of nitrogens with one attached hydrogen (secondary N) is 1.